The molecule has 3 rings (SSSR count). The number of aryl methyl sites for hydroxylation is 1. The minimum atomic E-state index is 1.06. The quantitative estimate of drug-likeness (QED) is 0.865. The Hall–Kier alpha value is -1.81. The highest BCUT2D eigenvalue weighted by molar-refractivity contribution is 5.66. The van der Waals surface area contributed by atoms with Crippen molar-refractivity contribution in [2.75, 3.05) is 31.1 Å². The molecule has 0 bridgehead atoms. The Kier molecular flexibility index (Phi) is 3.25. The molecule has 0 radical (unpaired) electrons. The summed E-state index contributed by atoms with van der Waals surface area (Å²) in [5.41, 5.74) is 5.91. The second-order valence-electron chi connectivity index (χ2n) is 5.11. The number of aromatic amines is 1. The van der Waals surface area contributed by atoms with Crippen LogP contribution in [0, 0.1) is 13.8 Å². The Morgan fingerprint density at radius 1 is 1.05 bits per heavy atom. The molecule has 0 atom stereocenters. The predicted octanol–water partition coefficient (Wildman–Crippen LogP) is 2.10. The average molecular weight is 256 g/mol. The van der Waals surface area contributed by atoms with Gasteiger partial charge in [0.15, 0.2) is 0 Å². The summed E-state index contributed by atoms with van der Waals surface area (Å²) in [5.74, 6) is 0. The normalized spacial score (nSPS) is 15.8. The van der Waals surface area contributed by atoms with Crippen molar-refractivity contribution < 1.29 is 0 Å². The van der Waals surface area contributed by atoms with Gasteiger partial charge in [-0.1, -0.05) is 12.1 Å². The molecule has 0 spiro atoms. The summed E-state index contributed by atoms with van der Waals surface area (Å²) in [7, 11) is 0. The molecule has 0 unspecified atom stereocenters. The van der Waals surface area contributed by atoms with Crippen LogP contribution in [-0.4, -0.2) is 36.4 Å². The van der Waals surface area contributed by atoms with Gasteiger partial charge in [-0.05, 0) is 31.5 Å². The predicted molar refractivity (Wildman–Crippen MR) is 78.6 cm³/mol. The number of rotatable bonds is 2. The van der Waals surface area contributed by atoms with Crippen LogP contribution >= 0.6 is 0 Å². The van der Waals surface area contributed by atoms with Crippen molar-refractivity contribution in [3.8, 4) is 11.3 Å². The maximum absolute atomic E-state index is 4.38. The number of benzene rings is 1. The molecule has 100 valence electrons. The first-order valence-corrected chi connectivity index (χ1v) is 6.83. The summed E-state index contributed by atoms with van der Waals surface area (Å²) in [6, 6.07) is 8.73. The van der Waals surface area contributed by atoms with Gasteiger partial charge in [0, 0.05) is 43.1 Å². The van der Waals surface area contributed by atoms with Gasteiger partial charge in [0.25, 0.3) is 0 Å². The molecule has 2 N–H and O–H groups in total. The number of aromatic nitrogens is 2. The van der Waals surface area contributed by atoms with Crippen molar-refractivity contribution in [2.45, 2.75) is 13.8 Å². The third-order valence-electron chi connectivity index (χ3n) is 3.88. The summed E-state index contributed by atoms with van der Waals surface area (Å²) in [6.45, 7) is 8.47. The van der Waals surface area contributed by atoms with E-state index in [9.17, 15) is 0 Å². The minimum Gasteiger partial charge on any atom is -0.369 e. The number of nitrogens with zero attached hydrogens (tertiary/aromatic N) is 2. The van der Waals surface area contributed by atoms with Gasteiger partial charge in [-0.3, -0.25) is 5.10 Å². The second-order valence-corrected chi connectivity index (χ2v) is 5.11. The fourth-order valence-electron chi connectivity index (χ4n) is 2.52. The molecule has 2 heterocycles. The molecule has 1 aliphatic rings. The van der Waals surface area contributed by atoms with Crippen LogP contribution in [0.1, 0.15) is 11.3 Å². The number of hydrogen-bond donors (Lipinski definition) is 2. The van der Waals surface area contributed by atoms with E-state index in [0.29, 0.717) is 0 Å². The molecular weight excluding hydrogens is 236 g/mol. The standard InChI is InChI=1S/C15H20N4/c1-11-12(2)17-18-15(11)13-3-5-14(6-4-13)19-9-7-16-8-10-19/h3-6,16H,7-10H2,1-2H3,(H,17,18). The van der Waals surface area contributed by atoms with E-state index in [0.717, 1.165) is 37.6 Å². The largest absolute Gasteiger partial charge is 0.369 e. The van der Waals surface area contributed by atoms with E-state index >= 15 is 0 Å². The smallest absolute Gasteiger partial charge is 0.0952 e. The van der Waals surface area contributed by atoms with Crippen LogP contribution < -0.4 is 10.2 Å². The van der Waals surface area contributed by atoms with Crippen molar-refractivity contribution in [3.63, 3.8) is 0 Å². The highest BCUT2D eigenvalue weighted by Gasteiger charge is 2.12. The van der Waals surface area contributed by atoms with E-state index in [1.807, 2.05) is 0 Å². The zero-order chi connectivity index (χ0) is 13.2. The van der Waals surface area contributed by atoms with Gasteiger partial charge in [0.2, 0.25) is 0 Å². The molecular formula is C15H20N4. The van der Waals surface area contributed by atoms with Crippen LogP contribution in [0.5, 0.6) is 0 Å². The molecule has 2 aromatic rings. The summed E-state index contributed by atoms with van der Waals surface area (Å²) in [4.78, 5) is 2.42. The van der Waals surface area contributed by atoms with Gasteiger partial charge in [0.1, 0.15) is 0 Å². The third kappa shape index (κ3) is 2.36. The molecule has 0 aliphatic carbocycles. The first kappa shape index (κ1) is 12.2. The average Bonchev–Trinajstić information content (AvgIpc) is 2.80. The molecule has 1 aromatic heterocycles. The van der Waals surface area contributed by atoms with Gasteiger partial charge in [0.05, 0.1) is 5.69 Å². The topological polar surface area (TPSA) is 44.0 Å². The Balaban J connectivity index is 1.84. The van der Waals surface area contributed by atoms with E-state index in [1.54, 1.807) is 0 Å². The zero-order valence-corrected chi connectivity index (χ0v) is 11.5. The molecule has 1 aromatic carbocycles. The zero-order valence-electron chi connectivity index (χ0n) is 11.5. The highest BCUT2D eigenvalue weighted by Crippen LogP contribution is 2.25. The van der Waals surface area contributed by atoms with Crippen LogP contribution in [0.4, 0.5) is 5.69 Å². The molecule has 4 nitrogen and oxygen atoms in total. The van der Waals surface area contributed by atoms with E-state index in [2.05, 4.69) is 58.5 Å². The number of anilines is 1. The van der Waals surface area contributed by atoms with Crippen LogP contribution in [-0.2, 0) is 0 Å². The van der Waals surface area contributed by atoms with E-state index in [4.69, 9.17) is 0 Å². The molecule has 19 heavy (non-hydrogen) atoms. The summed E-state index contributed by atoms with van der Waals surface area (Å²) < 4.78 is 0. The fraction of sp³-hybridized carbons (Fsp3) is 0.400. The monoisotopic (exact) mass is 256 g/mol. The van der Waals surface area contributed by atoms with Crippen LogP contribution in [0.2, 0.25) is 0 Å². The van der Waals surface area contributed by atoms with Gasteiger partial charge < -0.3 is 10.2 Å². The van der Waals surface area contributed by atoms with Gasteiger partial charge in [-0.25, -0.2) is 0 Å². The number of H-pyrrole nitrogens is 1. The molecule has 1 saturated heterocycles. The van der Waals surface area contributed by atoms with E-state index < -0.39 is 0 Å². The number of hydrogen-bond acceptors (Lipinski definition) is 3. The lowest BCUT2D eigenvalue weighted by Gasteiger charge is -2.29. The first-order valence-electron chi connectivity index (χ1n) is 6.83. The number of nitrogens with one attached hydrogen (secondary N) is 2. The van der Waals surface area contributed by atoms with Crippen molar-refractivity contribution in [1.82, 2.24) is 15.5 Å². The molecule has 4 heteroatoms. The lowest BCUT2D eigenvalue weighted by Crippen LogP contribution is -2.43. The number of piperazine rings is 1. The molecule has 0 saturated carbocycles. The molecule has 1 fully saturated rings. The Morgan fingerprint density at radius 2 is 1.74 bits per heavy atom. The Bertz CT molecular complexity index is 550. The van der Waals surface area contributed by atoms with E-state index in [1.165, 1.54) is 16.8 Å². The van der Waals surface area contributed by atoms with Crippen molar-refractivity contribution in [3.05, 3.63) is 35.5 Å². The molecule has 0 amide bonds. The summed E-state index contributed by atoms with van der Waals surface area (Å²) >= 11 is 0. The highest BCUT2D eigenvalue weighted by atomic mass is 15.2. The minimum absolute atomic E-state index is 1.06. The van der Waals surface area contributed by atoms with Gasteiger partial charge in [-0.15, -0.1) is 0 Å². The third-order valence-corrected chi connectivity index (χ3v) is 3.88. The summed E-state index contributed by atoms with van der Waals surface area (Å²) in [6.07, 6.45) is 0. The maximum atomic E-state index is 4.38. The lowest BCUT2D eigenvalue weighted by molar-refractivity contribution is 0.589. The second kappa shape index (κ2) is 5.05. The van der Waals surface area contributed by atoms with Crippen LogP contribution in [0.3, 0.4) is 0 Å². The van der Waals surface area contributed by atoms with E-state index in [-0.39, 0.29) is 0 Å². The Labute approximate surface area is 113 Å². The van der Waals surface area contributed by atoms with Crippen molar-refractivity contribution >= 4 is 5.69 Å². The first-order chi connectivity index (χ1) is 9.25. The SMILES string of the molecule is Cc1[nH]nc(-c2ccc(N3CCNCC3)cc2)c1C. The Morgan fingerprint density at radius 3 is 2.32 bits per heavy atom. The fourth-order valence-corrected chi connectivity index (χ4v) is 2.52. The van der Waals surface area contributed by atoms with Crippen molar-refractivity contribution in [2.24, 2.45) is 0 Å². The van der Waals surface area contributed by atoms with Crippen LogP contribution in [0.15, 0.2) is 24.3 Å². The van der Waals surface area contributed by atoms with Crippen molar-refractivity contribution in [1.29, 1.82) is 0 Å². The van der Waals surface area contributed by atoms with Gasteiger partial charge in [-0.2, -0.15) is 5.10 Å². The molecule has 1 aliphatic heterocycles. The maximum Gasteiger partial charge on any atom is 0.0952 e. The summed E-state index contributed by atoms with van der Waals surface area (Å²) in [5, 5.41) is 10.8. The van der Waals surface area contributed by atoms with Crippen LogP contribution in [0.25, 0.3) is 11.3 Å². The lowest BCUT2D eigenvalue weighted by atomic mass is 10.1. The van der Waals surface area contributed by atoms with Gasteiger partial charge >= 0.3 is 0 Å².